The van der Waals surface area contributed by atoms with E-state index in [4.69, 9.17) is 16.3 Å². The number of aryl methyl sites for hydroxylation is 1. The minimum atomic E-state index is 0.511. The van der Waals surface area contributed by atoms with Gasteiger partial charge in [-0.1, -0.05) is 30.3 Å². The van der Waals surface area contributed by atoms with Gasteiger partial charge in [0.25, 0.3) is 0 Å². The van der Waals surface area contributed by atoms with Crippen molar-refractivity contribution >= 4 is 22.9 Å². The first kappa shape index (κ1) is 14.5. The van der Waals surface area contributed by atoms with E-state index in [0.717, 1.165) is 31.6 Å². The number of hydrogen-bond donors (Lipinski definition) is 0. The maximum absolute atomic E-state index is 5.73. The van der Waals surface area contributed by atoms with Gasteiger partial charge in [0.1, 0.15) is 0 Å². The van der Waals surface area contributed by atoms with Crippen molar-refractivity contribution in [3.05, 3.63) is 52.0 Å². The van der Waals surface area contributed by atoms with E-state index in [1.165, 1.54) is 10.6 Å². The predicted octanol–water partition coefficient (Wildman–Crippen LogP) is 4.42. The summed E-state index contributed by atoms with van der Waals surface area (Å²) >= 11 is 7.42. The highest BCUT2D eigenvalue weighted by molar-refractivity contribution is 7.09. The van der Waals surface area contributed by atoms with Crippen LogP contribution in [0, 0.1) is 0 Å². The Morgan fingerprint density at radius 1 is 1.16 bits per heavy atom. The average molecular weight is 296 g/mol. The van der Waals surface area contributed by atoms with Gasteiger partial charge in [0.15, 0.2) is 0 Å². The van der Waals surface area contributed by atoms with Crippen LogP contribution in [-0.2, 0) is 23.6 Å². The van der Waals surface area contributed by atoms with Crippen molar-refractivity contribution in [2.45, 2.75) is 31.7 Å². The molecule has 0 saturated heterocycles. The number of aromatic nitrogens is 1. The van der Waals surface area contributed by atoms with Crippen LogP contribution in [-0.4, -0.2) is 11.6 Å². The van der Waals surface area contributed by atoms with Crippen LogP contribution in [0.25, 0.3) is 0 Å². The molecule has 19 heavy (non-hydrogen) atoms. The van der Waals surface area contributed by atoms with Crippen LogP contribution in [0.15, 0.2) is 35.7 Å². The van der Waals surface area contributed by atoms with Gasteiger partial charge in [-0.15, -0.1) is 22.9 Å². The van der Waals surface area contributed by atoms with Crippen molar-refractivity contribution in [1.82, 2.24) is 4.98 Å². The lowest BCUT2D eigenvalue weighted by Gasteiger charge is -2.03. The molecule has 0 N–H and O–H groups in total. The highest BCUT2D eigenvalue weighted by atomic mass is 35.5. The number of alkyl halides is 1. The summed E-state index contributed by atoms with van der Waals surface area (Å²) < 4.78 is 5.65. The van der Waals surface area contributed by atoms with Crippen molar-refractivity contribution in [1.29, 1.82) is 0 Å². The second-order valence-corrected chi connectivity index (χ2v) is 5.57. The number of halogens is 1. The van der Waals surface area contributed by atoms with Gasteiger partial charge < -0.3 is 4.74 Å². The number of unbranched alkanes of at least 4 members (excludes halogenated alkanes) is 1. The van der Waals surface area contributed by atoms with Crippen LogP contribution in [0.4, 0.5) is 0 Å². The van der Waals surface area contributed by atoms with Crippen molar-refractivity contribution in [3.8, 4) is 0 Å². The molecule has 0 amide bonds. The van der Waals surface area contributed by atoms with Crippen LogP contribution < -0.4 is 0 Å². The van der Waals surface area contributed by atoms with E-state index in [1.807, 2.05) is 23.6 Å². The second kappa shape index (κ2) is 8.31. The zero-order valence-electron chi connectivity index (χ0n) is 10.8. The topological polar surface area (TPSA) is 22.1 Å². The quantitative estimate of drug-likeness (QED) is 0.531. The van der Waals surface area contributed by atoms with Crippen LogP contribution in [0.3, 0.4) is 0 Å². The van der Waals surface area contributed by atoms with Crippen LogP contribution in [0.1, 0.15) is 29.1 Å². The molecule has 0 aliphatic carbocycles. The van der Waals surface area contributed by atoms with E-state index in [0.29, 0.717) is 12.5 Å². The van der Waals surface area contributed by atoms with E-state index in [2.05, 4.69) is 17.1 Å². The highest BCUT2D eigenvalue weighted by Crippen LogP contribution is 2.14. The maximum atomic E-state index is 5.73. The van der Waals surface area contributed by atoms with E-state index < -0.39 is 0 Å². The van der Waals surface area contributed by atoms with Gasteiger partial charge in [-0.3, -0.25) is 0 Å². The lowest BCUT2D eigenvalue weighted by molar-refractivity contribution is 0.117. The SMILES string of the molecule is ClCc1csc(CCCCOCc2ccccc2)n1. The van der Waals surface area contributed by atoms with E-state index >= 15 is 0 Å². The molecule has 1 aromatic heterocycles. The van der Waals surface area contributed by atoms with Crippen LogP contribution in [0.2, 0.25) is 0 Å². The Hall–Kier alpha value is -0.900. The normalized spacial score (nSPS) is 10.8. The molecule has 102 valence electrons. The number of hydrogen-bond acceptors (Lipinski definition) is 3. The molecule has 0 aliphatic rings. The fourth-order valence-electron chi connectivity index (χ4n) is 1.77. The molecular weight excluding hydrogens is 278 g/mol. The van der Waals surface area contributed by atoms with Crippen molar-refractivity contribution in [3.63, 3.8) is 0 Å². The molecule has 2 aromatic rings. The summed E-state index contributed by atoms with van der Waals surface area (Å²) in [5.74, 6) is 0.511. The molecule has 4 heteroatoms. The predicted molar refractivity (Wildman–Crippen MR) is 80.7 cm³/mol. The first-order valence-corrected chi connectivity index (χ1v) is 7.91. The molecule has 0 fully saturated rings. The van der Waals surface area contributed by atoms with Gasteiger partial charge in [-0.2, -0.15) is 0 Å². The van der Waals surface area contributed by atoms with Crippen molar-refractivity contribution in [2.24, 2.45) is 0 Å². The maximum Gasteiger partial charge on any atom is 0.0928 e. The summed E-state index contributed by atoms with van der Waals surface area (Å²) in [5, 5.41) is 3.22. The number of thiazole rings is 1. The Kier molecular flexibility index (Phi) is 6.34. The molecule has 2 nitrogen and oxygen atoms in total. The molecule has 2 rings (SSSR count). The Bertz CT molecular complexity index is 472. The van der Waals surface area contributed by atoms with Gasteiger partial charge in [0.2, 0.25) is 0 Å². The zero-order valence-corrected chi connectivity index (χ0v) is 12.4. The van der Waals surface area contributed by atoms with Gasteiger partial charge in [-0.25, -0.2) is 4.98 Å². The van der Waals surface area contributed by atoms with Crippen LogP contribution in [0.5, 0.6) is 0 Å². The zero-order chi connectivity index (χ0) is 13.3. The van der Waals surface area contributed by atoms with Crippen LogP contribution >= 0.6 is 22.9 Å². The minimum Gasteiger partial charge on any atom is -0.377 e. The first-order valence-electron chi connectivity index (χ1n) is 6.49. The molecule has 0 spiro atoms. The highest BCUT2D eigenvalue weighted by Gasteiger charge is 2.00. The van der Waals surface area contributed by atoms with Gasteiger partial charge >= 0.3 is 0 Å². The summed E-state index contributed by atoms with van der Waals surface area (Å²) in [4.78, 5) is 4.44. The molecule has 0 atom stereocenters. The van der Waals surface area contributed by atoms with E-state index in [1.54, 1.807) is 11.3 Å². The summed E-state index contributed by atoms with van der Waals surface area (Å²) in [5.41, 5.74) is 2.22. The molecule has 0 unspecified atom stereocenters. The first-order chi connectivity index (χ1) is 9.38. The number of ether oxygens (including phenoxy) is 1. The van der Waals surface area contributed by atoms with Crippen molar-refractivity contribution in [2.75, 3.05) is 6.61 Å². The third kappa shape index (κ3) is 5.31. The standard InChI is InChI=1S/C15H18ClNOS/c16-10-14-12-19-15(17-14)8-4-5-9-18-11-13-6-2-1-3-7-13/h1-3,6-7,12H,4-5,8-11H2. The second-order valence-electron chi connectivity index (χ2n) is 4.36. The molecular formula is C15H18ClNOS. The monoisotopic (exact) mass is 295 g/mol. The smallest absolute Gasteiger partial charge is 0.0928 e. The molecule has 0 saturated carbocycles. The third-order valence-corrected chi connectivity index (χ3v) is 4.01. The molecule has 1 heterocycles. The molecule has 0 radical (unpaired) electrons. The summed E-state index contributed by atoms with van der Waals surface area (Å²) in [6, 6.07) is 10.3. The molecule has 0 bridgehead atoms. The largest absolute Gasteiger partial charge is 0.377 e. The average Bonchev–Trinajstić information content (AvgIpc) is 2.92. The summed E-state index contributed by atoms with van der Waals surface area (Å²) in [7, 11) is 0. The van der Waals surface area contributed by atoms with Gasteiger partial charge in [0.05, 0.1) is 23.2 Å². The third-order valence-electron chi connectivity index (χ3n) is 2.78. The number of nitrogens with zero attached hydrogens (tertiary/aromatic N) is 1. The Balaban J connectivity index is 1.55. The fourth-order valence-corrected chi connectivity index (χ4v) is 2.84. The fraction of sp³-hybridized carbons (Fsp3) is 0.400. The van der Waals surface area contributed by atoms with Gasteiger partial charge in [0, 0.05) is 12.0 Å². The van der Waals surface area contributed by atoms with E-state index in [-0.39, 0.29) is 0 Å². The Morgan fingerprint density at radius 2 is 2.00 bits per heavy atom. The summed E-state index contributed by atoms with van der Waals surface area (Å²) in [6.45, 7) is 1.51. The number of rotatable bonds is 8. The van der Waals surface area contributed by atoms with E-state index in [9.17, 15) is 0 Å². The summed E-state index contributed by atoms with van der Waals surface area (Å²) in [6.07, 6.45) is 3.21. The number of benzene rings is 1. The molecule has 0 aliphatic heterocycles. The van der Waals surface area contributed by atoms with Crippen molar-refractivity contribution < 1.29 is 4.74 Å². The Morgan fingerprint density at radius 3 is 2.74 bits per heavy atom. The lowest BCUT2D eigenvalue weighted by atomic mass is 10.2. The molecule has 1 aromatic carbocycles. The lowest BCUT2D eigenvalue weighted by Crippen LogP contribution is -1.96. The minimum absolute atomic E-state index is 0.511. The Labute approximate surface area is 123 Å². The van der Waals surface area contributed by atoms with Gasteiger partial charge in [-0.05, 0) is 24.8 Å².